The number of allylic oxidation sites excluding steroid dienone is 1. The number of carboxylic acids is 4. The van der Waals surface area contributed by atoms with Gasteiger partial charge in [-0.15, -0.1) is 0 Å². The highest BCUT2D eigenvalue weighted by Gasteiger charge is 2.60. The maximum Gasteiger partial charge on any atom is 0.339 e. The van der Waals surface area contributed by atoms with Gasteiger partial charge in [0.15, 0.2) is 11.5 Å². The Morgan fingerprint density at radius 1 is 0.644 bits per heavy atom. The van der Waals surface area contributed by atoms with E-state index in [-0.39, 0.29) is 57.0 Å². The number of carboxylic acid groups (broad SMARTS) is 4. The van der Waals surface area contributed by atoms with Crippen molar-refractivity contribution in [3.8, 4) is 11.5 Å². The summed E-state index contributed by atoms with van der Waals surface area (Å²) >= 11 is 13.8. The van der Waals surface area contributed by atoms with Crippen LogP contribution in [0.25, 0.3) is 5.57 Å². The van der Waals surface area contributed by atoms with Crippen molar-refractivity contribution in [2.75, 3.05) is 0 Å². The molecule has 0 aromatic heterocycles. The number of ether oxygens (including phenoxy) is 2. The number of carbonyl (C=O) groups is 4. The zero-order valence-electron chi connectivity index (χ0n) is 42.9. The molecule has 0 bridgehead atoms. The summed E-state index contributed by atoms with van der Waals surface area (Å²) < 4.78 is 11.9. The number of hydrogen-bond acceptors (Lipinski definition) is 6. The predicted molar refractivity (Wildman–Crippen MR) is 285 cm³/mol. The summed E-state index contributed by atoms with van der Waals surface area (Å²) in [5, 5.41) is 40.6. The first-order valence-electron chi connectivity index (χ1n) is 26.5. The fraction of sp³-hybridized carbons (Fsp3) is 0.508. The summed E-state index contributed by atoms with van der Waals surface area (Å²) in [6.45, 7) is 12.0. The molecule has 12 heteroatoms. The maximum atomic E-state index is 13.0. The van der Waals surface area contributed by atoms with Gasteiger partial charge in [-0.3, -0.25) is 0 Å². The minimum atomic E-state index is -1.33. The van der Waals surface area contributed by atoms with Crippen LogP contribution in [-0.4, -0.2) is 44.3 Å². The van der Waals surface area contributed by atoms with Crippen LogP contribution in [0.5, 0.6) is 11.5 Å². The van der Waals surface area contributed by atoms with Crippen molar-refractivity contribution in [1.29, 1.82) is 0 Å². The van der Waals surface area contributed by atoms with Crippen LogP contribution in [0.1, 0.15) is 188 Å². The zero-order valence-corrected chi connectivity index (χ0v) is 44.4. The maximum absolute atomic E-state index is 13.0. The van der Waals surface area contributed by atoms with Gasteiger partial charge >= 0.3 is 23.9 Å². The molecule has 4 aromatic rings. The molecule has 10 nitrogen and oxygen atoms in total. The molecule has 4 aliphatic carbocycles. The van der Waals surface area contributed by atoms with Gasteiger partial charge in [0.1, 0.15) is 24.3 Å². The standard InChI is InChI=1S/C61H72Cl2O10/c1-35(2)12-10-13-36(3)49-22-23-50-46-21-20-42-28-37(24-26-60(42,4)51(46)25-27-61(49,50)5)14-11-19-43(40-29-47(58(68)69)54(52(62)31-40)72-33-38-15-6-8-17-44(38)56(64)65)41-30-48(59(70)71)55(53(63)32-41)73-34-39-16-7-9-18-45(39)57(66)67/h6-9,15-19,29-32,35-37,42,46,49-51H,10-14,20-28,33-34H2,1-5H3,(H,64,65)(H,66,67)(H,68,69)(H,70,71)/t36-,37?,42?,46+,49-,50+,51+,60+,61-/m1/s1. The van der Waals surface area contributed by atoms with E-state index in [2.05, 4.69) is 34.6 Å². The molecular formula is C61H72Cl2O10. The molecule has 4 N–H and O–H groups in total. The van der Waals surface area contributed by atoms with E-state index in [1.165, 1.54) is 94.9 Å². The van der Waals surface area contributed by atoms with Crippen LogP contribution in [0.4, 0.5) is 0 Å². The van der Waals surface area contributed by atoms with Gasteiger partial charge in [0.25, 0.3) is 0 Å². The molecule has 4 fully saturated rings. The summed E-state index contributed by atoms with van der Waals surface area (Å²) in [7, 11) is 0. The summed E-state index contributed by atoms with van der Waals surface area (Å²) in [4.78, 5) is 49.8. The van der Waals surface area contributed by atoms with Gasteiger partial charge < -0.3 is 29.9 Å². The molecule has 4 aliphatic rings. The van der Waals surface area contributed by atoms with Crippen molar-refractivity contribution in [1.82, 2.24) is 0 Å². The molecule has 73 heavy (non-hydrogen) atoms. The number of halogens is 2. The van der Waals surface area contributed by atoms with Crippen LogP contribution in [0.2, 0.25) is 10.0 Å². The van der Waals surface area contributed by atoms with E-state index < -0.39 is 23.9 Å². The smallest absolute Gasteiger partial charge is 0.339 e. The second-order valence-electron chi connectivity index (χ2n) is 22.8. The normalized spacial score (nSPS) is 25.7. The van der Waals surface area contributed by atoms with E-state index in [9.17, 15) is 39.6 Å². The number of fused-ring (bicyclic) bond motifs is 5. The summed E-state index contributed by atoms with van der Waals surface area (Å²) in [5.41, 5.74) is 2.20. The third kappa shape index (κ3) is 11.4. The number of benzene rings is 4. The molecule has 8 rings (SSSR count). The molecule has 4 aromatic carbocycles. The Morgan fingerprint density at radius 3 is 1.70 bits per heavy atom. The molecule has 0 saturated heterocycles. The minimum Gasteiger partial charge on any atom is -0.486 e. The average molecular weight is 1040 g/mol. The molecule has 0 amide bonds. The Hall–Kier alpha value is -5.32. The van der Waals surface area contributed by atoms with Gasteiger partial charge in [0.2, 0.25) is 0 Å². The van der Waals surface area contributed by atoms with Crippen molar-refractivity contribution in [2.45, 2.75) is 138 Å². The van der Waals surface area contributed by atoms with E-state index in [0.29, 0.717) is 56.9 Å². The second kappa shape index (κ2) is 22.7. The quantitative estimate of drug-likeness (QED) is 0.0669. The Morgan fingerprint density at radius 2 is 1.16 bits per heavy atom. The van der Waals surface area contributed by atoms with Crippen molar-refractivity contribution in [3.63, 3.8) is 0 Å². The SMILES string of the molecule is CC(C)CCC[C@@H](C)[C@H]1CC[C@H]2[C@@H]3CCC4CC(CCC=C(c5cc(Cl)c(OCc6ccccc6C(=O)O)c(C(=O)O)c5)c5cc(Cl)c(OCc6ccccc6C(=O)O)c(C(=O)O)c5)CC[C@]4(C)[C@H]3CC[C@]12C. The topological polar surface area (TPSA) is 168 Å². The predicted octanol–water partition coefficient (Wildman–Crippen LogP) is 15.9. The molecule has 0 aliphatic heterocycles. The van der Waals surface area contributed by atoms with Crippen LogP contribution in [0, 0.1) is 58.2 Å². The van der Waals surface area contributed by atoms with Gasteiger partial charge in [0.05, 0.1) is 21.2 Å². The first-order valence-corrected chi connectivity index (χ1v) is 27.3. The lowest BCUT2D eigenvalue weighted by atomic mass is 9.44. The van der Waals surface area contributed by atoms with Crippen molar-refractivity contribution < 1.29 is 49.1 Å². The van der Waals surface area contributed by atoms with Crippen LogP contribution in [0.15, 0.2) is 78.9 Å². The lowest BCUT2D eigenvalue weighted by Gasteiger charge is -2.61. The van der Waals surface area contributed by atoms with Crippen molar-refractivity contribution >= 4 is 52.7 Å². The molecule has 4 saturated carbocycles. The van der Waals surface area contributed by atoms with Gasteiger partial charge in [0, 0.05) is 11.1 Å². The monoisotopic (exact) mass is 1030 g/mol. The highest BCUT2D eigenvalue weighted by Crippen LogP contribution is 2.69. The van der Waals surface area contributed by atoms with Crippen molar-refractivity contribution in [3.05, 3.63) is 133 Å². The fourth-order valence-electron chi connectivity index (χ4n) is 14.6. The van der Waals surface area contributed by atoms with Crippen LogP contribution in [0.3, 0.4) is 0 Å². The molecule has 390 valence electrons. The van der Waals surface area contributed by atoms with Gasteiger partial charge in [-0.25, -0.2) is 19.2 Å². The Bertz CT molecular complexity index is 2610. The van der Waals surface area contributed by atoms with Gasteiger partial charge in [-0.05, 0) is 182 Å². The van der Waals surface area contributed by atoms with Crippen LogP contribution >= 0.6 is 23.2 Å². The molecule has 9 atom stereocenters. The fourth-order valence-corrected chi connectivity index (χ4v) is 15.2. The first kappa shape index (κ1) is 54.0. The van der Waals surface area contributed by atoms with E-state index in [0.717, 1.165) is 48.3 Å². The Balaban J connectivity index is 1.05. The van der Waals surface area contributed by atoms with E-state index >= 15 is 0 Å². The van der Waals surface area contributed by atoms with Gasteiger partial charge in [-0.1, -0.05) is 120 Å². The van der Waals surface area contributed by atoms with Crippen LogP contribution in [-0.2, 0) is 13.2 Å². The summed E-state index contributed by atoms with van der Waals surface area (Å²) in [6.07, 6.45) is 19.1. The number of rotatable bonds is 20. The minimum absolute atomic E-state index is 0.00816. The number of hydrogen-bond donors (Lipinski definition) is 4. The second-order valence-corrected chi connectivity index (χ2v) is 23.6. The summed E-state index contributed by atoms with van der Waals surface area (Å²) in [6, 6.07) is 18.5. The molecule has 2 unspecified atom stereocenters. The molecule has 0 spiro atoms. The van der Waals surface area contributed by atoms with Gasteiger partial charge in [-0.2, -0.15) is 0 Å². The Labute approximate surface area is 440 Å². The third-order valence-electron chi connectivity index (χ3n) is 18.3. The highest BCUT2D eigenvalue weighted by molar-refractivity contribution is 6.33. The molecule has 0 radical (unpaired) electrons. The lowest BCUT2D eigenvalue weighted by molar-refractivity contribution is -0.121. The largest absolute Gasteiger partial charge is 0.486 e. The first-order chi connectivity index (χ1) is 34.8. The average Bonchev–Trinajstić information content (AvgIpc) is 3.71. The highest BCUT2D eigenvalue weighted by atomic mass is 35.5. The third-order valence-corrected chi connectivity index (χ3v) is 18.9. The summed E-state index contributed by atoms with van der Waals surface area (Å²) in [5.74, 6) is 0.679. The lowest BCUT2D eigenvalue weighted by Crippen LogP contribution is -2.53. The number of aromatic carboxylic acids is 4. The van der Waals surface area contributed by atoms with E-state index in [4.69, 9.17) is 32.7 Å². The van der Waals surface area contributed by atoms with Crippen LogP contribution < -0.4 is 9.47 Å². The van der Waals surface area contributed by atoms with E-state index in [1.54, 1.807) is 48.5 Å². The van der Waals surface area contributed by atoms with Crippen molar-refractivity contribution in [2.24, 2.45) is 58.2 Å². The molecule has 0 heterocycles. The zero-order chi connectivity index (χ0) is 52.4. The Kier molecular flexibility index (Phi) is 16.7. The molecular weight excluding hydrogens is 964 g/mol. The van der Waals surface area contributed by atoms with E-state index in [1.807, 2.05) is 6.08 Å².